The highest BCUT2D eigenvalue weighted by atomic mass is 79.9. The van der Waals surface area contributed by atoms with Crippen molar-refractivity contribution in [1.82, 2.24) is 31.1 Å². The van der Waals surface area contributed by atoms with Crippen molar-refractivity contribution in [3.63, 3.8) is 0 Å². The number of likely N-dealkylation sites (N-methyl/N-ethyl adjacent to an activating group) is 2. The monoisotopic (exact) mass is 2050 g/mol. The van der Waals surface area contributed by atoms with Crippen LogP contribution in [0.4, 0.5) is 14.0 Å². The van der Waals surface area contributed by atoms with E-state index in [1.54, 1.807) is 45.0 Å². The number of phenols is 1. The Morgan fingerprint density at radius 1 is 0.471 bits per heavy atom. The minimum Gasteiger partial charge on any atom is -0.508 e. The van der Waals surface area contributed by atoms with Gasteiger partial charge in [-0.05, 0) is 301 Å². The number of carbonyl (C=O) groups is 2. The molecule has 15 aliphatic rings. The first-order valence-electron chi connectivity index (χ1n) is 45.1. The number of halogens is 11. The second kappa shape index (κ2) is 47.1. The Kier molecular flexibility index (Phi) is 39.9. The highest BCUT2D eigenvalue weighted by Gasteiger charge is 2.59. The van der Waals surface area contributed by atoms with Crippen LogP contribution in [0.15, 0.2) is 91.0 Å². The lowest BCUT2D eigenvalue weighted by Crippen LogP contribution is -2.62. The molecule has 25 heteroatoms. The average Bonchev–Trinajstić information content (AvgIpc) is 0.777. The van der Waals surface area contributed by atoms with Gasteiger partial charge in [0.05, 0.1) is 21.7 Å². The van der Waals surface area contributed by atoms with Crippen molar-refractivity contribution in [3.8, 4) is 5.75 Å². The fourth-order valence-corrected chi connectivity index (χ4v) is 26.6. The number of rotatable bonds is 2. The number of carbonyl (C=O) groups excluding carboxylic acids is 2. The Morgan fingerprint density at radius 2 is 0.736 bits per heavy atom. The van der Waals surface area contributed by atoms with E-state index < -0.39 is 15.7 Å². The maximum absolute atomic E-state index is 12.4. The van der Waals surface area contributed by atoms with Gasteiger partial charge in [-0.15, -0.1) is 64.3 Å². The number of likely N-dealkylation sites (tertiary alicyclic amines) is 4. The third-order valence-electron chi connectivity index (χ3n) is 31.2. The van der Waals surface area contributed by atoms with E-state index in [0.717, 1.165) is 81.8 Å². The number of aromatic hydroxyl groups is 1. The highest BCUT2D eigenvalue weighted by Crippen LogP contribution is 2.61. The lowest BCUT2D eigenvalue weighted by atomic mass is 9.52. The molecule has 10 fully saturated rings. The number of hydrogen-bond donors (Lipinski definition) is 4. The minimum atomic E-state index is -1.00. The number of aliphatic hydroxyl groups excluding tert-OH is 1. The predicted octanol–water partition coefficient (Wildman–Crippen LogP) is 24.8. The molecule has 8 N–H and O–H groups in total. The van der Waals surface area contributed by atoms with E-state index in [1.807, 2.05) is 29.7 Å². The van der Waals surface area contributed by atoms with E-state index in [9.17, 15) is 19.1 Å². The standard InChI is InChI=1S/C20H27NO2.C19H25NO3.2C18H25N.C17H23N.2CHCl3.CH3F.CH4O.BBr3.BrH.H3N.H2O/c1-3-23-19(22)21-11-10-20-9-5-4-6-16(20)18(21)13-15-8-7-14(2)12-17(15)20;1-2-23-18(22)20-10-9-19-8-4-3-5-15(19)17(20)11-13-6-7-14(21)12-16(13)19;2*1-13-6-7-14-12-17-15-5-3-4-8-18(15,16(14)11-13)9-10-19(17)2;1-12-5-6-13-11-16-14-4-2-3-7-17(14,8-9-18-16)15(13)10-12;2*2-1(3)4;2*1-2;2-1(3)4;;;/h7-8,12,16,18H,3-6,9-11,13H2,1-2H3;6-7,12,15,17,21H,2-5,8-11H2,1H3;2*6-7,11,15,17H,3-5,8-10,12H2,1-2H3;5-6,10,14,16,18H,2-4,7-9,11H2,1H3;2*1H;1H3;2H,1H3;;1H;1H3;1H2/t16-,18+,20+;15-,17+,19+;2*15-,17+,18+;14-,16+,17+;;;;;;;;/m11111......../s1/i;;;;;;;1D;;;;;. The first-order valence-corrected chi connectivity index (χ1v) is 49.8. The summed E-state index contributed by atoms with van der Waals surface area (Å²) in [5.41, 5.74) is 23.7. The fraction of sp³-hybridized carbons (Fsp3) is 0.667. The van der Waals surface area contributed by atoms with Gasteiger partial charge in [-0.2, -0.15) is 0 Å². The Hall–Kier alpha value is -2.15. The van der Waals surface area contributed by atoms with E-state index in [-0.39, 0.29) is 55.4 Å². The van der Waals surface area contributed by atoms with Crippen molar-refractivity contribution in [1.29, 1.82) is 0 Å². The molecule has 10 aliphatic carbocycles. The maximum Gasteiger partial charge on any atom is 0.410 e. The van der Waals surface area contributed by atoms with Crippen molar-refractivity contribution in [2.45, 2.75) is 300 Å². The number of fused-ring (bicyclic) bond motifs is 5. The molecule has 5 heterocycles. The van der Waals surface area contributed by atoms with Gasteiger partial charge < -0.3 is 56.2 Å². The number of ether oxygens (including phenoxy) is 2. The van der Waals surface area contributed by atoms with Crippen LogP contribution in [0.5, 0.6) is 5.75 Å². The molecule has 0 radical (unpaired) electrons. The number of hydrogen-bond acceptors (Lipinski definition) is 10. The number of nitrogens with one attached hydrogen (secondary N) is 1. The van der Waals surface area contributed by atoms with E-state index in [2.05, 4.69) is 183 Å². The van der Waals surface area contributed by atoms with Crippen LogP contribution in [0.2, 0.25) is 0 Å². The van der Waals surface area contributed by atoms with Gasteiger partial charge in [0, 0.05) is 77.5 Å². The van der Waals surface area contributed by atoms with Gasteiger partial charge >= 0.3 is 15.4 Å². The van der Waals surface area contributed by atoms with Crippen LogP contribution < -0.4 is 11.5 Å². The predicted molar refractivity (Wildman–Crippen MR) is 522 cm³/mol. The van der Waals surface area contributed by atoms with Crippen LogP contribution in [0.1, 0.15) is 254 Å². The number of aryl methyl sites for hydroxylation is 4. The van der Waals surface area contributed by atoms with Crippen molar-refractivity contribution in [2.24, 2.45) is 29.6 Å². The molecule has 0 spiro atoms. The van der Waals surface area contributed by atoms with E-state index in [1.165, 1.54) is 226 Å². The van der Waals surface area contributed by atoms with Gasteiger partial charge in [0.25, 0.3) is 0 Å². The summed E-state index contributed by atoms with van der Waals surface area (Å²) in [6.07, 6.45) is 39.1. The molecule has 13 nitrogen and oxygen atoms in total. The molecule has 5 saturated heterocycles. The van der Waals surface area contributed by atoms with Gasteiger partial charge in [0.2, 0.25) is 0 Å². The number of aliphatic hydroxyl groups is 1. The van der Waals surface area contributed by atoms with Gasteiger partial charge in [0.1, 0.15) is 5.75 Å². The lowest BCUT2D eigenvalue weighted by molar-refractivity contribution is -0.0113. The van der Waals surface area contributed by atoms with Crippen LogP contribution >= 0.6 is 134 Å². The third-order valence-corrected chi connectivity index (χ3v) is 31.2. The first kappa shape index (κ1) is 103. The van der Waals surface area contributed by atoms with Crippen LogP contribution in [-0.2, 0) is 68.7 Å². The molecule has 5 saturated carbocycles. The Labute approximate surface area is 792 Å². The molecule has 0 unspecified atom stereocenters. The van der Waals surface area contributed by atoms with E-state index in [4.69, 9.17) is 85.6 Å². The molecule has 10 bridgehead atoms. The zero-order valence-corrected chi connectivity index (χ0v) is 84.3. The number of nitrogens with zero attached hydrogens (tertiary/aromatic N) is 4. The zero-order valence-electron chi connectivity index (χ0n) is 74.2. The SMILES string of the molecule is Br.BrB(Br)Br.CCOC(=O)N1CC[C@@]23CCCC[C@@H]2[C@@H]1Cc1ccc(C)cc13.CCOC(=O)N1CC[C@@]23CCCC[C@@H]2[C@@H]1Cc1ccc(O)cc13.CO.Cc1ccc2c(c1)[C@]13CCCC[C@@H]1[C@H](C2)N(C)CC3.Cc1ccc2c(c1)[C@]13CCCC[C@@H]1[C@H](C2)N(C)CC3.Cc1ccc2c(c1)[C@]13CCCC[C@@H]1[C@H](C2)NCC3.ClC(Cl)Cl.ClC(Cl)Cl.N.O.[2H]CF. The van der Waals surface area contributed by atoms with Gasteiger partial charge in [0.15, 0.2) is 8.59 Å². The molecule has 0 aromatic heterocycles. The quantitative estimate of drug-likeness (QED) is 0.0980. The number of amides is 2. The van der Waals surface area contributed by atoms with Crippen LogP contribution in [0.3, 0.4) is 0 Å². The van der Waals surface area contributed by atoms with Crippen molar-refractivity contribution in [3.05, 3.63) is 169 Å². The summed E-state index contributed by atoms with van der Waals surface area (Å²) >= 11 is 38.1. The average molecular weight is 2050 g/mol. The lowest BCUT2D eigenvalue weighted by Gasteiger charge is -2.58. The smallest absolute Gasteiger partial charge is 0.410 e. The van der Waals surface area contributed by atoms with Crippen molar-refractivity contribution < 1.29 is 40.5 Å². The summed E-state index contributed by atoms with van der Waals surface area (Å²) in [5.74, 6) is 4.25. The summed E-state index contributed by atoms with van der Waals surface area (Å²) < 4.78 is 24.9. The van der Waals surface area contributed by atoms with Crippen LogP contribution in [0.25, 0.3) is 0 Å². The molecular weight excluding hydrogens is 1910 g/mol. The topological polar surface area (TPSA) is 185 Å². The highest BCUT2D eigenvalue weighted by molar-refractivity contribution is 9.69. The second-order valence-electron chi connectivity index (χ2n) is 36.6. The van der Waals surface area contributed by atoms with Gasteiger partial charge in [-0.25, -0.2) is 9.59 Å². The fourth-order valence-electron chi connectivity index (χ4n) is 26.6. The summed E-state index contributed by atoms with van der Waals surface area (Å²) in [6.45, 7) is 19.1. The summed E-state index contributed by atoms with van der Waals surface area (Å²) in [4.78, 5) is 34.2. The zero-order chi connectivity index (χ0) is 85.7. The molecule has 5 aromatic carbocycles. The Bertz CT molecular complexity index is 3950. The van der Waals surface area contributed by atoms with Crippen molar-refractivity contribution >= 4 is 149 Å². The number of benzene rings is 5. The molecule has 121 heavy (non-hydrogen) atoms. The van der Waals surface area contributed by atoms with E-state index in [0.29, 0.717) is 58.5 Å². The van der Waals surface area contributed by atoms with Gasteiger partial charge in [-0.1, -0.05) is 235 Å². The Morgan fingerprint density at radius 3 is 1.06 bits per heavy atom. The van der Waals surface area contributed by atoms with E-state index >= 15 is 0 Å². The maximum atomic E-state index is 12.4. The Balaban J connectivity index is 0.000000180. The van der Waals surface area contributed by atoms with Gasteiger partial charge in [-0.3, -0.25) is 4.39 Å². The molecule has 15 atom stereocenters. The summed E-state index contributed by atoms with van der Waals surface area (Å²) in [6, 6.07) is 37.5. The number of alkyl halides is 7. The summed E-state index contributed by atoms with van der Waals surface area (Å²) in [7, 11) is 4.70. The minimum absolute atomic E-state index is 0. The molecule has 2 amide bonds. The molecular formula is C96H140BBr4Cl6FN6O7. The molecule has 5 aromatic rings. The van der Waals surface area contributed by atoms with Crippen molar-refractivity contribution in [2.75, 3.05) is 74.3 Å². The normalized spacial score (nSPS) is 30.6. The number of phenolic OH excluding ortho intramolecular Hbond substituents is 1. The van der Waals surface area contributed by atoms with Crippen LogP contribution in [-0.4, -0.2) is 164 Å². The van der Waals surface area contributed by atoms with Crippen LogP contribution in [0, 0.1) is 57.3 Å². The molecule has 20 rings (SSSR count). The molecule has 5 aliphatic heterocycles. The first-order chi connectivity index (χ1) is 57.1. The third kappa shape index (κ3) is 22.7. The number of piperidine rings is 5. The molecule has 676 valence electrons. The largest absolute Gasteiger partial charge is 0.508 e. The second-order valence-corrected chi connectivity index (χ2v) is 47.0. The summed E-state index contributed by atoms with van der Waals surface area (Å²) in [5, 5.41) is 20.8.